The second-order valence-electron chi connectivity index (χ2n) is 11.5. The first-order chi connectivity index (χ1) is 20.4. The molecule has 3 saturated heterocycles. The number of nitrogens with zero attached hydrogens (tertiary/aromatic N) is 5. The summed E-state index contributed by atoms with van der Waals surface area (Å²) in [6.07, 6.45) is 8.87. The maximum absolute atomic E-state index is 15.8. The Kier molecular flexibility index (Phi) is 8.21. The lowest BCUT2D eigenvalue weighted by Crippen LogP contribution is -2.59. The average molecular weight is 576 g/mol. The molecule has 2 N–H and O–H groups in total. The van der Waals surface area contributed by atoms with Gasteiger partial charge in [-0.05, 0) is 56.9 Å². The molecule has 10 nitrogen and oxygen atoms in total. The van der Waals surface area contributed by atoms with Crippen LogP contribution in [0.1, 0.15) is 42.1 Å². The van der Waals surface area contributed by atoms with Gasteiger partial charge in [0.1, 0.15) is 11.6 Å². The third kappa shape index (κ3) is 5.76. The Balaban J connectivity index is 1.22. The first-order valence-electron chi connectivity index (χ1n) is 14.8. The summed E-state index contributed by atoms with van der Waals surface area (Å²) >= 11 is 0. The average Bonchev–Trinajstić information content (AvgIpc) is 3.17. The largest absolute Gasteiger partial charge is 0.378 e. The van der Waals surface area contributed by atoms with Gasteiger partial charge >= 0.3 is 0 Å². The van der Waals surface area contributed by atoms with E-state index in [1.807, 2.05) is 18.3 Å². The summed E-state index contributed by atoms with van der Waals surface area (Å²) in [7, 11) is 0. The van der Waals surface area contributed by atoms with Crippen molar-refractivity contribution < 1.29 is 18.7 Å². The van der Waals surface area contributed by atoms with Gasteiger partial charge in [0.15, 0.2) is 17.4 Å². The Hall–Kier alpha value is -3.83. The van der Waals surface area contributed by atoms with Gasteiger partial charge in [-0.25, -0.2) is 14.4 Å². The van der Waals surface area contributed by atoms with Crippen molar-refractivity contribution in [3.8, 4) is 0 Å². The van der Waals surface area contributed by atoms with Crippen LogP contribution in [0.5, 0.6) is 0 Å². The molecule has 0 bridgehead atoms. The summed E-state index contributed by atoms with van der Waals surface area (Å²) in [4.78, 5) is 41.0. The maximum atomic E-state index is 15.8. The van der Waals surface area contributed by atoms with E-state index in [4.69, 9.17) is 4.74 Å². The zero-order valence-corrected chi connectivity index (χ0v) is 24.0. The highest BCUT2D eigenvalue weighted by molar-refractivity contribution is 6.10. The Labute approximate surface area is 245 Å². The van der Waals surface area contributed by atoms with Gasteiger partial charge in [0.25, 0.3) is 0 Å². The Morgan fingerprint density at radius 3 is 2.76 bits per heavy atom. The number of fused-ring (bicyclic) bond motifs is 1. The molecule has 0 radical (unpaired) electrons. The number of nitrogens with one attached hydrogen (secondary N) is 2. The Morgan fingerprint density at radius 2 is 2.05 bits per heavy atom. The number of ether oxygens (including phenoxy) is 1. The first-order valence-corrected chi connectivity index (χ1v) is 14.8. The summed E-state index contributed by atoms with van der Waals surface area (Å²) in [5.74, 6) is -0.0949. The molecule has 3 fully saturated rings. The zero-order valence-electron chi connectivity index (χ0n) is 24.0. The maximum Gasteiger partial charge on any atom is 0.246 e. The molecule has 222 valence electrons. The lowest BCUT2D eigenvalue weighted by molar-refractivity contribution is -0.127. The van der Waals surface area contributed by atoms with E-state index in [2.05, 4.69) is 43.9 Å². The molecule has 0 saturated carbocycles. The monoisotopic (exact) mass is 575 g/mol. The molecule has 42 heavy (non-hydrogen) atoms. The highest BCUT2D eigenvalue weighted by Gasteiger charge is 2.32. The van der Waals surface area contributed by atoms with Crippen LogP contribution in [0.2, 0.25) is 0 Å². The number of hydrogen-bond donors (Lipinski definition) is 2. The number of aromatic nitrogens is 2. The van der Waals surface area contributed by atoms with E-state index in [1.54, 1.807) is 11.0 Å². The van der Waals surface area contributed by atoms with Crippen LogP contribution in [-0.2, 0) is 16.0 Å². The van der Waals surface area contributed by atoms with Gasteiger partial charge in [0.05, 0.1) is 36.7 Å². The van der Waals surface area contributed by atoms with Gasteiger partial charge in [0, 0.05) is 50.4 Å². The van der Waals surface area contributed by atoms with E-state index in [9.17, 15) is 9.59 Å². The van der Waals surface area contributed by atoms with Gasteiger partial charge < -0.3 is 25.2 Å². The highest BCUT2D eigenvalue weighted by Crippen LogP contribution is 2.33. The molecule has 1 amide bonds. The fraction of sp³-hybridized carbons (Fsp3) is 0.484. The number of halogens is 1. The summed E-state index contributed by atoms with van der Waals surface area (Å²) in [6, 6.07) is 4.58. The molecule has 4 aliphatic rings. The second kappa shape index (κ2) is 12.2. The normalized spacial score (nSPS) is 23.1. The molecule has 1 aliphatic carbocycles. The van der Waals surface area contributed by atoms with E-state index in [0.29, 0.717) is 49.4 Å². The number of carbonyl (C=O) groups is 2. The highest BCUT2D eigenvalue weighted by atomic mass is 19.1. The van der Waals surface area contributed by atoms with Gasteiger partial charge in [0.2, 0.25) is 5.91 Å². The van der Waals surface area contributed by atoms with Crippen molar-refractivity contribution in [2.24, 2.45) is 0 Å². The van der Waals surface area contributed by atoms with Crippen LogP contribution in [0.4, 0.5) is 27.5 Å². The topological polar surface area (TPSA) is 103 Å². The number of amides is 1. The van der Waals surface area contributed by atoms with E-state index in [0.717, 1.165) is 51.4 Å². The molecular formula is C31H38FN7O3. The van der Waals surface area contributed by atoms with Gasteiger partial charge in [-0.2, -0.15) is 0 Å². The quantitative estimate of drug-likeness (QED) is 0.480. The number of carbonyl (C=O) groups excluding carboxylic acids is 2. The number of anilines is 4. The predicted molar refractivity (Wildman–Crippen MR) is 160 cm³/mol. The molecule has 3 aliphatic heterocycles. The summed E-state index contributed by atoms with van der Waals surface area (Å²) in [5, 5.41) is 6.43. The summed E-state index contributed by atoms with van der Waals surface area (Å²) < 4.78 is 21.2. The van der Waals surface area contributed by atoms with Gasteiger partial charge in [-0.15, -0.1) is 0 Å². The fourth-order valence-electron chi connectivity index (χ4n) is 6.30. The van der Waals surface area contributed by atoms with Crippen molar-refractivity contribution in [2.45, 2.75) is 50.7 Å². The van der Waals surface area contributed by atoms with Crippen molar-refractivity contribution in [3.05, 3.63) is 60.1 Å². The van der Waals surface area contributed by atoms with Crippen LogP contribution in [-0.4, -0.2) is 95.5 Å². The number of allylic oxidation sites excluding steroid dienone is 2. The predicted octanol–water partition coefficient (Wildman–Crippen LogP) is 3.54. The van der Waals surface area contributed by atoms with Crippen LogP contribution in [0.3, 0.4) is 0 Å². The molecule has 2 atom stereocenters. The number of rotatable bonds is 7. The van der Waals surface area contributed by atoms with Crippen molar-refractivity contribution in [2.75, 3.05) is 61.5 Å². The molecular weight excluding hydrogens is 537 g/mol. The third-order valence-electron chi connectivity index (χ3n) is 8.68. The van der Waals surface area contributed by atoms with Crippen molar-refractivity contribution in [3.63, 3.8) is 0 Å². The summed E-state index contributed by atoms with van der Waals surface area (Å²) in [6.45, 7) is 11.4. The standard InChI is InChI=1S/C31H38FN7O3/c1-3-27(41)38-12-6-7-21(17-38)34-31-29(32)24-8-4-5-9-25(40)28(24)30(36-31)35-26-11-10-22(15-33-26)39-14-13-37(16-20(39)2)23-18-42-19-23/h3,5,9-11,15,20-21,23H,1,4,6-8,12-14,16-19H2,2H3,(H2,33,34,35,36). The van der Waals surface area contributed by atoms with Crippen LogP contribution in [0.25, 0.3) is 0 Å². The summed E-state index contributed by atoms with van der Waals surface area (Å²) in [5.41, 5.74) is 1.59. The molecule has 11 heteroatoms. The molecule has 0 spiro atoms. The number of piperazine rings is 1. The van der Waals surface area contributed by atoms with Crippen LogP contribution in [0, 0.1) is 5.82 Å². The van der Waals surface area contributed by atoms with E-state index >= 15 is 4.39 Å². The van der Waals surface area contributed by atoms with Crippen molar-refractivity contribution >= 4 is 34.8 Å². The zero-order chi connectivity index (χ0) is 29.2. The lowest BCUT2D eigenvalue weighted by atomic mass is 10.0. The van der Waals surface area contributed by atoms with Crippen molar-refractivity contribution in [1.29, 1.82) is 0 Å². The molecule has 2 unspecified atom stereocenters. The molecule has 2 aromatic rings. The Bertz CT molecular complexity index is 1380. The van der Waals surface area contributed by atoms with Crippen LogP contribution < -0.4 is 15.5 Å². The number of hydrogen-bond acceptors (Lipinski definition) is 9. The number of ketones is 1. The van der Waals surface area contributed by atoms with E-state index < -0.39 is 5.82 Å². The smallest absolute Gasteiger partial charge is 0.246 e. The van der Waals surface area contributed by atoms with E-state index in [1.165, 1.54) is 12.2 Å². The van der Waals surface area contributed by atoms with Gasteiger partial charge in [-0.1, -0.05) is 12.7 Å². The van der Waals surface area contributed by atoms with Gasteiger partial charge in [-0.3, -0.25) is 14.5 Å². The lowest BCUT2D eigenvalue weighted by Gasteiger charge is -2.46. The van der Waals surface area contributed by atoms with Crippen LogP contribution in [0.15, 0.2) is 43.1 Å². The SMILES string of the molecule is C=CC(=O)N1CCCC(Nc2nc(Nc3ccc(N4CCN(C5COC5)CC4C)cn3)c3c(c2F)CCC=CC3=O)C1. The fourth-order valence-corrected chi connectivity index (χ4v) is 6.30. The molecule has 0 aromatic carbocycles. The number of pyridine rings is 2. The minimum absolute atomic E-state index is 0.0732. The number of piperidine rings is 1. The minimum atomic E-state index is -0.523. The van der Waals surface area contributed by atoms with Crippen molar-refractivity contribution in [1.82, 2.24) is 19.8 Å². The molecule has 5 heterocycles. The number of likely N-dealkylation sites (tertiary alicyclic amines) is 1. The van der Waals surface area contributed by atoms with E-state index in [-0.39, 0.29) is 34.9 Å². The van der Waals surface area contributed by atoms with Crippen LogP contribution >= 0.6 is 0 Å². The molecule has 6 rings (SSSR count). The minimum Gasteiger partial charge on any atom is -0.378 e. The second-order valence-corrected chi connectivity index (χ2v) is 11.5. The molecule has 2 aromatic heterocycles. The Morgan fingerprint density at radius 1 is 1.19 bits per heavy atom. The first kappa shape index (κ1) is 28.3. The third-order valence-corrected chi connectivity index (χ3v) is 8.68.